The fourth-order valence-corrected chi connectivity index (χ4v) is 4.32. The van der Waals surface area contributed by atoms with Crippen LogP contribution < -0.4 is 0 Å². The van der Waals surface area contributed by atoms with Gasteiger partial charge in [-0.2, -0.15) is 0 Å². The molecule has 2 aliphatic rings. The Balaban J connectivity index is 1.54. The van der Waals surface area contributed by atoms with Gasteiger partial charge in [-0.15, -0.1) is 0 Å². The molecule has 0 radical (unpaired) electrons. The van der Waals surface area contributed by atoms with Crippen LogP contribution in [0, 0.1) is 11.7 Å². The van der Waals surface area contributed by atoms with Gasteiger partial charge in [0.25, 0.3) is 0 Å². The maximum Gasteiger partial charge on any atom is 0.323 e. The van der Waals surface area contributed by atoms with Gasteiger partial charge in [0.1, 0.15) is 12.4 Å². The van der Waals surface area contributed by atoms with Crippen molar-refractivity contribution >= 4 is 11.9 Å². The van der Waals surface area contributed by atoms with Gasteiger partial charge in [0.05, 0.1) is 0 Å². The summed E-state index contributed by atoms with van der Waals surface area (Å²) < 4.78 is 13.1. The molecule has 4 rings (SSSR count). The zero-order valence-electron chi connectivity index (χ0n) is 14.3. The van der Waals surface area contributed by atoms with Crippen LogP contribution in [-0.2, 0) is 28.0 Å². The minimum atomic E-state index is -1.04. The zero-order valence-corrected chi connectivity index (χ0v) is 14.3. The number of fused-ring (bicyclic) bond motifs is 2. The van der Waals surface area contributed by atoms with Gasteiger partial charge in [0.15, 0.2) is 0 Å². The summed E-state index contributed by atoms with van der Waals surface area (Å²) in [5.74, 6) is -1.67. The molecule has 2 aromatic carbocycles. The van der Waals surface area contributed by atoms with Gasteiger partial charge in [-0.25, -0.2) is 4.39 Å². The minimum absolute atomic E-state index is 0.117. The second-order valence-electron chi connectivity index (χ2n) is 7.28. The smallest absolute Gasteiger partial charge is 0.323 e. The average molecular weight is 353 g/mol. The number of aryl methyl sites for hydroxylation is 1. The molecule has 0 aromatic heterocycles. The molecule has 1 N–H and O–H groups in total. The molecule has 2 aliphatic carbocycles. The van der Waals surface area contributed by atoms with Crippen LogP contribution in [0.25, 0.3) is 0 Å². The molecule has 0 aliphatic heterocycles. The summed E-state index contributed by atoms with van der Waals surface area (Å²) in [6, 6.07) is 14.0. The standard InChI is InChI=1S/C21H20FNO3/c22-16-7-5-14(6-8-16)12-23(13-19(24)25)20(26)18-11-21(18)10-9-15-3-1-2-4-17(15)21/h1-8,18H,9-13H2,(H,24,25). The molecule has 0 saturated heterocycles. The number of benzene rings is 2. The zero-order chi connectivity index (χ0) is 18.3. The van der Waals surface area contributed by atoms with E-state index in [-0.39, 0.29) is 36.1 Å². The van der Waals surface area contributed by atoms with Gasteiger partial charge in [0.2, 0.25) is 5.91 Å². The number of hydrogen-bond acceptors (Lipinski definition) is 2. The van der Waals surface area contributed by atoms with Crippen molar-refractivity contribution < 1.29 is 19.1 Å². The molecule has 26 heavy (non-hydrogen) atoms. The van der Waals surface area contributed by atoms with Gasteiger partial charge in [0, 0.05) is 17.9 Å². The number of carbonyl (C=O) groups excluding carboxylic acids is 1. The largest absolute Gasteiger partial charge is 0.480 e. The lowest BCUT2D eigenvalue weighted by atomic mass is 9.95. The molecule has 2 atom stereocenters. The van der Waals surface area contributed by atoms with Crippen LogP contribution in [0.4, 0.5) is 4.39 Å². The summed E-state index contributed by atoms with van der Waals surface area (Å²) in [5, 5.41) is 9.22. The van der Waals surface area contributed by atoms with Crippen LogP contribution in [0.5, 0.6) is 0 Å². The summed E-state index contributed by atoms with van der Waals surface area (Å²) in [4.78, 5) is 25.7. The van der Waals surface area contributed by atoms with E-state index in [1.807, 2.05) is 12.1 Å². The lowest BCUT2D eigenvalue weighted by Crippen LogP contribution is -2.37. The molecular formula is C21H20FNO3. The second kappa shape index (κ2) is 6.24. The summed E-state index contributed by atoms with van der Waals surface area (Å²) >= 11 is 0. The minimum Gasteiger partial charge on any atom is -0.480 e. The number of halogens is 1. The van der Waals surface area contributed by atoms with E-state index < -0.39 is 5.97 Å². The van der Waals surface area contributed by atoms with Crippen molar-refractivity contribution in [2.45, 2.75) is 31.2 Å². The van der Waals surface area contributed by atoms with Crippen LogP contribution in [0.15, 0.2) is 48.5 Å². The lowest BCUT2D eigenvalue weighted by Gasteiger charge is -2.22. The first-order valence-electron chi connectivity index (χ1n) is 8.83. The van der Waals surface area contributed by atoms with Gasteiger partial charge < -0.3 is 10.0 Å². The first-order valence-corrected chi connectivity index (χ1v) is 8.83. The molecule has 1 amide bonds. The van der Waals surface area contributed by atoms with E-state index in [1.165, 1.54) is 28.2 Å². The van der Waals surface area contributed by atoms with Crippen molar-refractivity contribution in [1.29, 1.82) is 0 Å². The maximum atomic E-state index is 13.1. The molecule has 1 spiro atoms. The Kier molecular flexibility index (Phi) is 4.02. The van der Waals surface area contributed by atoms with Crippen LogP contribution in [0.2, 0.25) is 0 Å². The number of aliphatic carboxylic acids is 1. The van der Waals surface area contributed by atoms with E-state index in [0.717, 1.165) is 24.8 Å². The number of hydrogen-bond donors (Lipinski definition) is 1. The van der Waals surface area contributed by atoms with E-state index >= 15 is 0 Å². The number of nitrogens with zero attached hydrogens (tertiary/aromatic N) is 1. The van der Waals surface area contributed by atoms with E-state index in [0.29, 0.717) is 0 Å². The van der Waals surface area contributed by atoms with Crippen molar-refractivity contribution in [3.63, 3.8) is 0 Å². The van der Waals surface area contributed by atoms with Gasteiger partial charge >= 0.3 is 5.97 Å². The Morgan fingerprint density at radius 1 is 1.15 bits per heavy atom. The van der Waals surface area contributed by atoms with Gasteiger partial charge in [-0.05, 0) is 48.1 Å². The molecule has 1 fully saturated rings. The van der Waals surface area contributed by atoms with Crippen LogP contribution in [-0.4, -0.2) is 28.4 Å². The second-order valence-corrected chi connectivity index (χ2v) is 7.28. The lowest BCUT2D eigenvalue weighted by molar-refractivity contribution is -0.145. The van der Waals surface area contributed by atoms with E-state index in [2.05, 4.69) is 12.1 Å². The molecule has 2 unspecified atom stereocenters. The average Bonchev–Trinajstić information content (AvgIpc) is 3.24. The summed E-state index contributed by atoms with van der Waals surface area (Å²) in [7, 11) is 0. The number of carbonyl (C=O) groups is 2. The highest BCUT2D eigenvalue weighted by Crippen LogP contribution is 2.62. The summed E-state index contributed by atoms with van der Waals surface area (Å²) in [5.41, 5.74) is 3.15. The highest BCUT2D eigenvalue weighted by Gasteiger charge is 2.62. The first kappa shape index (κ1) is 16.8. The SMILES string of the molecule is O=C(O)CN(Cc1ccc(F)cc1)C(=O)C1CC12CCc1ccccc12. The van der Waals surface area contributed by atoms with Crippen LogP contribution in [0.3, 0.4) is 0 Å². The fraction of sp³-hybridized carbons (Fsp3) is 0.333. The van der Waals surface area contributed by atoms with Crippen LogP contribution in [0.1, 0.15) is 29.5 Å². The van der Waals surface area contributed by atoms with E-state index in [1.54, 1.807) is 12.1 Å². The normalized spacial score (nSPS) is 22.9. The third-order valence-corrected chi connectivity index (χ3v) is 5.69. The summed E-state index contributed by atoms with van der Waals surface area (Å²) in [6.07, 6.45) is 2.69. The molecule has 0 bridgehead atoms. The predicted octanol–water partition coefficient (Wildman–Crippen LogP) is 3.14. The van der Waals surface area contributed by atoms with Crippen molar-refractivity contribution in [1.82, 2.24) is 4.90 Å². The van der Waals surface area contributed by atoms with Crippen molar-refractivity contribution in [3.8, 4) is 0 Å². The van der Waals surface area contributed by atoms with Crippen LogP contribution >= 0.6 is 0 Å². The topological polar surface area (TPSA) is 57.6 Å². The quantitative estimate of drug-likeness (QED) is 0.898. The Labute approximate surface area is 151 Å². The highest BCUT2D eigenvalue weighted by atomic mass is 19.1. The number of rotatable bonds is 5. The molecule has 2 aromatic rings. The van der Waals surface area contributed by atoms with Crippen molar-refractivity contribution in [2.24, 2.45) is 5.92 Å². The van der Waals surface area contributed by atoms with E-state index in [9.17, 15) is 19.1 Å². The van der Waals surface area contributed by atoms with Crippen molar-refractivity contribution in [2.75, 3.05) is 6.54 Å². The van der Waals surface area contributed by atoms with Gasteiger partial charge in [-0.1, -0.05) is 36.4 Å². The van der Waals surface area contributed by atoms with Crippen molar-refractivity contribution in [3.05, 3.63) is 71.0 Å². The number of amides is 1. The maximum absolute atomic E-state index is 13.1. The van der Waals surface area contributed by atoms with Gasteiger partial charge in [-0.3, -0.25) is 9.59 Å². The molecule has 4 nitrogen and oxygen atoms in total. The molecule has 5 heteroatoms. The molecule has 0 heterocycles. The monoisotopic (exact) mass is 353 g/mol. The Morgan fingerprint density at radius 3 is 2.62 bits per heavy atom. The third-order valence-electron chi connectivity index (χ3n) is 5.69. The first-order chi connectivity index (χ1) is 12.5. The van der Waals surface area contributed by atoms with E-state index in [4.69, 9.17) is 0 Å². The molecule has 134 valence electrons. The number of carboxylic acid groups (broad SMARTS) is 1. The molecular weight excluding hydrogens is 333 g/mol. The highest BCUT2D eigenvalue weighted by molar-refractivity contribution is 5.87. The fourth-order valence-electron chi connectivity index (χ4n) is 4.32. The Bertz CT molecular complexity index is 864. The number of carboxylic acids is 1. The summed E-state index contributed by atoms with van der Waals surface area (Å²) in [6.45, 7) is -0.163. The predicted molar refractivity (Wildman–Crippen MR) is 94.0 cm³/mol. The Hall–Kier alpha value is -2.69. The Morgan fingerprint density at radius 2 is 1.88 bits per heavy atom. The molecule has 1 saturated carbocycles. The third kappa shape index (κ3) is 2.87.